The van der Waals surface area contributed by atoms with E-state index < -0.39 is 10.0 Å². The van der Waals surface area contributed by atoms with Gasteiger partial charge >= 0.3 is 0 Å². The predicted octanol–water partition coefficient (Wildman–Crippen LogP) is 1.33. The molecule has 23 heavy (non-hydrogen) atoms. The third-order valence-corrected chi connectivity index (χ3v) is 5.52. The van der Waals surface area contributed by atoms with E-state index in [1.165, 1.54) is 31.6 Å². The number of benzene rings is 1. The lowest BCUT2D eigenvalue weighted by atomic mass is 10.1. The van der Waals surface area contributed by atoms with Crippen LogP contribution >= 0.6 is 0 Å². The van der Waals surface area contributed by atoms with Crippen molar-refractivity contribution in [2.75, 3.05) is 21.1 Å². The molecule has 2 heterocycles. The highest BCUT2D eigenvalue weighted by atomic mass is 32.2. The molecule has 1 amide bonds. The number of carbonyl (C=O) groups is 1. The van der Waals surface area contributed by atoms with Crippen LogP contribution in [0.25, 0.3) is 21.8 Å². The molecule has 0 bridgehead atoms. The van der Waals surface area contributed by atoms with Crippen molar-refractivity contribution in [3.63, 3.8) is 0 Å². The molecule has 0 saturated carbocycles. The van der Waals surface area contributed by atoms with E-state index in [9.17, 15) is 13.2 Å². The molecule has 120 valence electrons. The maximum atomic E-state index is 12.3. The predicted molar refractivity (Wildman–Crippen MR) is 87.9 cm³/mol. The Hall–Kier alpha value is -2.45. The number of aromatic nitrogens is 2. The second-order valence-electron chi connectivity index (χ2n) is 5.28. The Kier molecular flexibility index (Phi) is 3.57. The first-order valence-corrected chi connectivity index (χ1v) is 8.35. The Morgan fingerprint density at radius 3 is 2.61 bits per heavy atom. The number of carbonyl (C=O) groups excluding carboxylic acids is 1. The van der Waals surface area contributed by atoms with Crippen molar-refractivity contribution >= 4 is 37.7 Å². The molecule has 2 aromatic heterocycles. The Labute approximate surface area is 133 Å². The van der Waals surface area contributed by atoms with Gasteiger partial charge in [0.1, 0.15) is 0 Å². The van der Waals surface area contributed by atoms with Crippen molar-refractivity contribution in [3.8, 4) is 0 Å². The van der Waals surface area contributed by atoms with Gasteiger partial charge < -0.3 is 10.3 Å². The first-order chi connectivity index (χ1) is 10.9. The van der Waals surface area contributed by atoms with Crippen LogP contribution in [-0.4, -0.2) is 49.7 Å². The highest BCUT2D eigenvalue weighted by Crippen LogP contribution is 2.29. The van der Waals surface area contributed by atoms with E-state index >= 15 is 0 Å². The Bertz CT molecular complexity index is 1020. The van der Waals surface area contributed by atoms with Crippen LogP contribution in [0.5, 0.6) is 0 Å². The molecule has 0 fully saturated rings. The number of hydrogen-bond donors (Lipinski definition) is 2. The normalized spacial score (nSPS) is 12.2. The number of sulfonamides is 1. The van der Waals surface area contributed by atoms with Crippen LogP contribution in [0.3, 0.4) is 0 Å². The van der Waals surface area contributed by atoms with E-state index in [1.54, 1.807) is 24.3 Å². The van der Waals surface area contributed by atoms with Crippen LogP contribution in [0.1, 0.15) is 10.5 Å². The van der Waals surface area contributed by atoms with E-state index in [0.29, 0.717) is 5.52 Å². The number of pyridine rings is 1. The summed E-state index contributed by atoms with van der Waals surface area (Å²) < 4.78 is 25.8. The summed E-state index contributed by atoms with van der Waals surface area (Å²) in [6.07, 6.45) is 1.54. The topological polar surface area (TPSA) is 95.2 Å². The molecule has 0 saturated heterocycles. The molecule has 0 radical (unpaired) electrons. The molecule has 0 aliphatic rings. The van der Waals surface area contributed by atoms with Gasteiger partial charge in [-0.2, -0.15) is 0 Å². The number of amides is 1. The molecule has 0 aliphatic heterocycles. The van der Waals surface area contributed by atoms with E-state index in [0.717, 1.165) is 16.3 Å². The number of nitrogens with zero attached hydrogens (tertiary/aromatic N) is 2. The number of fused-ring (bicyclic) bond motifs is 3. The monoisotopic (exact) mass is 332 g/mol. The number of rotatable bonds is 3. The SMILES string of the molecule is CNC(=O)c1nccc2c1[nH]c1ccc(S(=O)(=O)N(C)C)cc12. The molecule has 2 N–H and O–H groups in total. The maximum absolute atomic E-state index is 12.3. The third-order valence-electron chi connectivity index (χ3n) is 3.71. The molecular formula is C15H16N4O3S. The summed E-state index contributed by atoms with van der Waals surface area (Å²) in [6, 6.07) is 6.60. The summed E-state index contributed by atoms with van der Waals surface area (Å²) in [5, 5.41) is 4.03. The molecule has 0 unspecified atom stereocenters. The van der Waals surface area contributed by atoms with Gasteiger partial charge in [0.25, 0.3) is 5.91 Å². The van der Waals surface area contributed by atoms with Gasteiger partial charge in [0.05, 0.1) is 10.4 Å². The molecule has 3 rings (SSSR count). The molecule has 0 aliphatic carbocycles. The number of aromatic amines is 1. The van der Waals surface area contributed by atoms with E-state index in [1.807, 2.05) is 0 Å². The van der Waals surface area contributed by atoms with Gasteiger partial charge in [0.2, 0.25) is 10.0 Å². The molecule has 1 aromatic carbocycles. The zero-order valence-electron chi connectivity index (χ0n) is 12.9. The van der Waals surface area contributed by atoms with E-state index in [-0.39, 0.29) is 16.5 Å². The molecule has 3 aromatic rings. The van der Waals surface area contributed by atoms with Gasteiger partial charge in [0.15, 0.2) is 5.69 Å². The van der Waals surface area contributed by atoms with Gasteiger partial charge in [-0.1, -0.05) is 0 Å². The average molecular weight is 332 g/mol. The van der Waals surface area contributed by atoms with Crippen LogP contribution in [0, 0.1) is 0 Å². The number of hydrogen-bond acceptors (Lipinski definition) is 4. The second kappa shape index (κ2) is 5.32. The van der Waals surface area contributed by atoms with Crippen LogP contribution < -0.4 is 5.32 Å². The molecule has 0 atom stereocenters. The summed E-state index contributed by atoms with van der Waals surface area (Å²) in [4.78, 5) is 19.4. The molecule has 7 nitrogen and oxygen atoms in total. The smallest absolute Gasteiger partial charge is 0.271 e. The Morgan fingerprint density at radius 1 is 1.22 bits per heavy atom. The fourth-order valence-electron chi connectivity index (χ4n) is 2.46. The van der Waals surface area contributed by atoms with Crippen molar-refractivity contribution in [2.45, 2.75) is 4.90 Å². The lowest BCUT2D eigenvalue weighted by Crippen LogP contribution is -2.22. The van der Waals surface area contributed by atoms with Crippen molar-refractivity contribution in [1.29, 1.82) is 0 Å². The lowest BCUT2D eigenvalue weighted by Gasteiger charge is -2.11. The quantitative estimate of drug-likeness (QED) is 0.756. The Morgan fingerprint density at radius 2 is 1.96 bits per heavy atom. The zero-order valence-corrected chi connectivity index (χ0v) is 13.7. The van der Waals surface area contributed by atoms with Gasteiger partial charge in [0, 0.05) is 43.6 Å². The summed E-state index contributed by atoms with van der Waals surface area (Å²) in [7, 11) is 0.990. The van der Waals surface area contributed by atoms with Crippen LogP contribution in [0.15, 0.2) is 35.4 Å². The minimum Gasteiger partial charge on any atom is -0.354 e. The maximum Gasteiger partial charge on any atom is 0.271 e. The minimum absolute atomic E-state index is 0.203. The summed E-state index contributed by atoms with van der Waals surface area (Å²) in [5.74, 6) is -0.303. The van der Waals surface area contributed by atoms with Gasteiger partial charge in [-0.15, -0.1) is 0 Å². The van der Waals surface area contributed by atoms with E-state index in [4.69, 9.17) is 0 Å². The van der Waals surface area contributed by atoms with Crippen molar-refractivity contribution in [3.05, 3.63) is 36.2 Å². The van der Waals surface area contributed by atoms with Crippen LogP contribution in [0.4, 0.5) is 0 Å². The number of H-pyrrole nitrogens is 1. The van der Waals surface area contributed by atoms with Crippen molar-refractivity contribution < 1.29 is 13.2 Å². The lowest BCUT2D eigenvalue weighted by molar-refractivity contribution is 0.0960. The zero-order chi connectivity index (χ0) is 16.8. The first kappa shape index (κ1) is 15.4. The van der Waals surface area contributed by atoms with Gasteiger partial charge in [-0.25, -0.2) is 17.7 Å². The summed E-state index contributed by atoms with van der Waals surface area (Å²) in [5.41, 5.74) is 1.61. The average Bonchev–Trinajstić information content (AvgIpc) is 2.91. The second-order valence-corrected chi connectivity index (χ2v) is 7.43. The summed E-state index contributed by atoms with van der Waals surface area (Å²) in [6.45, 7) is 0. The number of nitrogens with one attached hydrogen (secondary N) is 2. The third kappa shape index (κ3) is 2.36. The standard InChI is InChI=1S/C15H16N4O3S/c1-16-15(20)14-13-10(6-7-17-14)11-8-9(4-5-12(11)18-13)23(21,22)19(2)3/h4-8,18H,1-3H3,(H,16,20). The molecular weight excluding hydrogens is 316 g/mol. The largest absolute Gasteiger partial charge is 0.354 e. The van der Waals surface area contributed by atoms with Gasteiger partial charge in [-0.3, -0.25) is 4.79 Å². The minimum atomic E-state index is -3.52. The van der Waals surface area contributed by atoms with Gasteiger partial charge in [-0.05, 0) is 24.3 Å². The molecule has 0 spiro atoms. The summed E-state index contributed by atoms with van der Waals surface area (Å²) >= 11 is 0. The van der Waals surface area contributed by atoms with Crippen molar-refractivity contribution in [2.24, 2.45) is 0 Å². The fraction of sp³-hybridized carbons (Fsp3) is 0.200. The highest BCUT2D eigenvalue weighted by Gasteiger charge is 2.20. The van der Waals surface area contributed by atoms with Crippen LogP contribution in [0.2, 0.25) is 0 Å². The molecule has 8 heteroatoms. The van der Waals surface area contributed by atoms with Crippen molar-refractivity contribution in [1.82, 2.24) is 19.6 Å². The highest BCUT2D eigenvalue weighted by molar-refractivity contribution is 7.89. The Balaban J connectivity index is 2.32. The fourth-order valence-corrected chi connectivity index (χ4v) is 3.39. The first-order valence-electron chi connectivity index (χ1n) is 6.91. The van der Waals surface area contributed by atoms with E-state index in [2.05, 4.69) is 15.3 Å². The van der Waals surface area contributed by atoms with Crippen LogP contribution in [-0.2, 0) is 10.0 Å².